The van der Waals surface area contributed by atoms with Gasteiger partial charge in [-0.1, -0.05) is 18.2 Å². The monoisotopic (exact) mass is 468 g/mol. The summed E-state index contributed by atoms with van der Waals surface area (Å²) in [6.07, 6.45) is 1.17. The second kappa shape index (κ2) is 10.9. The van der Waals surface area contributed by atoms with Gasteiger partial charge in [0.15, 0.2) is 0 Å². The van der Waals surface area contributed by atoms with Crippen LogP contribution in [0.1, 0.15) is 29.8 Å². The molecule has 0 heterocycles. The van der Waals surface area contributed by atoms with Gasteiger partial charge in [0.1, 0.15) is 11.5 Å². The smallest absolute Gasteiger partial charge is 0.255 e. The van der Waals surface area contributed by atoms with Crippen molar-refractivity contribution in [2.24, 2.45) is 0 Å². The fraction of sp³-hybridized carbons (Fsp3) is 0.240. The third-order valence-electron chi connectivity index (χ3n) is 4.78. The minimum Gasteiger partial charge on any atom is -0.494 e. The summed E-state index contributed by atoms with van der Waals surface area (Å²) in [4.78, 5) is 12.6. The van der Waals surface area contributed by atoms with Crippen molar-refractivity contribution in [3.05, 3.63) is 83.9 Å². The number of sulfonamides is 1. The van der Waals surface area contributed by atoms with Gasteiger partial charge in [0.05, 0.1) is 31.7 Å². The number of anilines is 2. The lowest BCUT2D eigenvalue weighted by molar-refractivity contribution is 0.102. The van der Waals surface area contributed by atoms with Crippen LogP contribution in [0.2, 0.25) is 0 Å². The van der Waals surface area contributed by atoms with Crippen LogP contribution in [0.4, 0.5) is 11.4 Å². The Morgan fingerprint density at radius 2 is 1.52 bits per heavy atom. The van der Waals surface area contributed by atoms with Crippen molar-refractivity contribution >= 4 is 27.3 Å². The number of nitrogens with zero attached hydrogens (tertiary/aromatic N) is 1. The predicted molar refractivity (Wildman–Crippen MR) is 131 cm³/mol. The molecule has 3 aromatic carbocycles. The fourth-order valence-corrected chi connectivity index (χ4v) is 4.12. The van der Waals surface area contributed by atoms with Gasteiger partial charge in [-0.3, -0.25) is 9.10 Å². The topological polar surface area (TPSA) is 84.9 Å². The van der Waals surface area contributed by atoms with Gasteiger partial charge in [-0.2, -0.15) is 0 Å². The highest BCUT2D eigenvalue weighted by Gasteiger charge is 2.18. The van der Waals surface area contributed by atoms with Crippen molar-refractivity contribution < 1.29 is 22.7 Å². The second-order valence-electron chi connectivity index (χ2n) is 7.31. The van der Waals surface area contributed by atoms with Crippen LogP contribution in [0.5, 0.6) is 11.5 Å². The minimum absolute atomic E-state index is 0.144. The third kappa shape index (κ3) is 6.73. The predicted octanol–water partition coefficient (Wildman–Crippen LogP) is 4.70. The number of benzene rings is 3. The van der Waals surface area contributed by atoms with E-state index in [1.54, 1.807) is 60.7 Å². The maximum atomic E-state index is 12.6. The summed E-state index contributed by atoms with van der Waals surface area (Å²) in [7, 11) is -3.52. The summed E-state index contributed by atoms with van der Waals surface area (Å²) in [5.41, 5.74) is 2.39. The largest absolute Gasteiger partial charge is 0.494 e. The van der Waals surface area contributed by atoms with Crippen LogP contribution in [0.15, 0.2) is 72.8 Å². The molecule has 0 aliphatic heterocycles. The molecule has 1 amide bonds. The van der Waals surface area contributed by atoms with Crippen molar-refractivity contribution in [1.82, 2.24) is 0 Å². The van der Waals surface area contributed by atoms with E-state index in [1.165, 1.54) is 10.6 Å². The molecule has 0 atom stereocenters. The van der Waals surface area contributed by atoms with Crippen molar-refractivity contribution in [1.29, 1.82) is 0 Å². The van der Waals surface area contributed by atoms with Crippen LogP contribution in [0.25, 0.3) is 0 Å². The first kappa shape index (κ1) is 24.1. The average molecular weight is 469 g/mol. The van der Waals surface area contributed by atoms with Crippen LogP contribution < -0.4 is 19.1 Å². The summed E-state index contributed by atoms with van der Waals surface area (Å²) in [5, 5.41) is 2.85. The Morgan fingerprint density at radius 3 is 2.12 bits per heavy atom. The molecule has 3 aromatic rings. The first-order valence-electron chi connectivity index (χ1n) is 10.6. The van der Waals surface area contributed by atoms with Crippen molar-refractivity contribution in [3.63, 3.8) is 0 Å². The summed E-state index contributed by atoms with van der Waals surface area (Å²) in [5.74, 6) is 1.10. The Kier molecular flexibility index (Phi) is 7.95. The van der Waals surface area contributed by atoms with Crippen LogP contribution in [-0.4, -0.2) is 33.8 Å². The molecule has 1 N–H and O–H groups in total. The molecular formula is C25H28N2O5S. The number of carbonyl (C=O) groups is 1. The van der Waals surface area contributed by atoms with E-state index in [9.17, 15) is 13.2 Å². The van der Waals surface area contributed by atoms with E-state index in [4.69, 9.17) is 9.47 Å². The standard InChI is InChI=1S/C25H28N2O5S/c1-4-31-23-15-13-22(14-16-23)27(33(3,29)30)18-19-9-11-20(12-10-19)25(28)26-21-7-6-8-24(17-21)32-5-2/h6-17H,4-5,18H2,1-3H3,(H,26,28). The van der Waals surface area contributed by atoms with E-state index in [0.29, 0.717) is 41.7 Å². The first-order valence-corrected chi connectivity index (χ1v) is 12.5. The van der Waals surface area contributed by atoms with Gasteiger partial charge >= 0.3 is 0 Å². The average Bonchev–Trinajstić information content (AvgIpc) is 2.78. The van der Waals surface area contributed by atoms with Gasteiger partial charge in [-0.05, 0) is 67.9 Å². The Balaban J connectivity index is 1.72. The number of ether oxygens (including phenoxy) is 2. The Morgan fingerprint density at radius 1 is 0.879 bits per heavy atom. The highest BCUT2D eigenvalue weighted by Crippen LogP contribution is 2.24. The van der Waals surface area contributed by atoms with Gasteiger partial charge in [0, 0.05) is 17.3 Å². The summed E-state index contributed by atoms with van der Waals surface area (Å²) in [6.45, 7) is 5.00. The zero-order valence-electron chi connectivity index (χ0n) is 18.9. The highest BCUT2D eigenvalue weighted by molar-refractivity contribution is 7.92. The number of amides is 1. The molecule has 174 valence electrons. The molecule has 0 fully saturated rings. The van der Waals surface area contributed by atoms with E-state index in [2.05, 4.69) is 5.32 Å². The van der Waals surface area contributed by atoms with E-state index < -0.39 is 10.0 Å². The fourth-order valence-electron chi connectivity index (χ4n) is 3.24. The Hall–Kier alpha value is -3.52. The molecule has 8 heteroatoms. The number of rotatable bonds is 10. The molecule has 0 aromatic heterocycles. The maximum Gasteiger partial charge on any atom is 0.255 e. The van der Waals surface area contributed by atoms with E-state index >= 15 is 0 Å². The zero-order valence-corrected chi connectivity index (χ0v) is 19.8. The molecule has 0 unspecified atom stereocenters. The van der Waals surface area contributed by atoms with Crippen LogP contribution in [0, 0.1) is 0 Å². The number of hydrogen-bond donors (Lipinski definition) is 1. The number of hydrogen-bond acceptors (Lipinski definition) is 5. The normalized spacial score (nSPS) is 11.0. The first-order chi connectivity index (χ1) is 15.8. The Labute approximate surface area is 195 Å². The lowest BCUT2D eigenvalue weighted by atomic mass is 10.1. The van der Waals surface area contributed by atoms with Gasteiger partial charge in [0.2, 0.25) is 10.0 Å². The lowest BCUT2D eigenvalue weighted by Crippen LogP contribution is -2.29. The minimum atomic E-state index is -3.52. The number of nitrogens with one attached hydrogen (secondary N) is 1. The zero-order chi connectivity index (χ0) is 23.8. The summed E-state index contributed by atoms with van der Waals surface area (Å²) < 4.78 is 37.0. The molecule has 0 bridgehead atoms. The molecule has 0 aliphatic rings. The van der Waals surface area contributed by atoms with Crippen molar-refractivity contribution in [2.45, 2.75) is 20.4 Å². The quantitative estimate of drug-likeness (QED) is 0.466. The Bertz CT molecular complexity index is 1180. The van der Waals surface area contributed by atoms with Gasteiger partial charge in [-0.15, -0.1) is 0 Å². The highest BCUT2D eigenvalue weighted by atomic mass is 32.2. The third-order valence-corrected chi connectivity index (χ3v) is 5.92. The van der Waals surface area contributed by atoms with E-state index in [0.717, 1.165) is 5.56 Å². The van der Waals surface area contributed by atoms with Gasteiger partial charge in [0.25, 0.3) is 5.91 Å². The molecule has 7 nitrogen and oxygen atoms in total. The maximum absolute atomic E-state index is 12.6. The van der Waals surface area contributed by atoms with Crippen molar-refractivity contribution in [2.75, 3.05) is 29.1 Å². The van der Waals surface area contributed by atoms with E-state index in [1.807, 2.05) is 26.0 Å². The van der Waals surface area contributed by atoms with Crippen LogP contribution in [-0.2, 0) is 16.6 Å². The molecule has 3 rings (SSSR count). The van der Waals surface area contributed by atoms with Crippen LogP contribution >= 0.6 is 0 Å². The molecule has 0 radical (unpaired) electrons. The summed E-state index contributed by atoms with van der Waals surface area (Å²) in [6, 6.07) is 20.9. The molecule has 0 aliphatic carbocycles. The SMILES string of the molecule is CCOc1ccc(N(Cc2ccc(C(=O)Nc3cccc(OCC)c3)cc2)S(C)(=O)=O)cc1. The molecule has 0 spiro atoms. The second-order valence-corrected chi connectivity index (χ2v) is 9.22. The molecule has 0 saturated carbocycles. The number of carbonyl (C=O) groups excluding carboxylic acids is 1. The molecule has 33 heavy (non-hydrogen) atoms. The van der Waals surface area contributed by atoms with Gasteiger partial charge in [-0.25, -0.2) is 8.42 Å². The summed E-state index contributed by atoms with van der Waals surface area (Å²) >= 11 is 0. The van der Waals surface area contributed by atoms with Crippen LogP contribution in [0.3, 0.4) is 0 Å². The molecule has 0 saturated heterocycles. The molecular weight excluding hydrogens is 440 g/mol. The van der Waals surface area contributed by atoms with Gasteiger partial charge < -0.3 is 14.8 Å². The lowest BCUT2D eigenvalue weighted by Gasteiger charge is -2.23. The van der Waals surface area contributed by atoms with Crippen molar-refractivity contribution in [3.8, 4) is 11.5 Å². The van der Waals surface area contributed by atoms with E-state index in [-0.39, 0.29) is 12.5 Å².